The fourth-order valence-corrected chi connectivity index (χ4v) is 3.41. The quantitative estimate of drug-likeness (QED) is 0.130. The molecule has 0 saturated heterocycles. The number of unbranched alkanes of at least 4 members (excludes halogenated alkanes) is 11. The van der Waals surface area contributed by atoms with E-state index in [1.165, 1.54) is 51.4 Å². The Hall–Kier alpha value is -0.950. The first kappa shape index (κ1) is 30.0. The lowest BCUT2D eigenvalue weighted by Gasteiger charge is -2.18. The lowest BCUT2D eigenvalue weighted by Crippen LogP contribution is -2.29. The number of hydrogen-bond acceptors (Lipinski definition) is 6. The summed E-state index contributed by atoms with van der Waals surface area (Å²) in [6.45, 7) is 3.33. The Labute approximate surface area is 187 Å². The second-order valence-corrected chi connectivity index (χ2v) is 9.21. The summed E-state index contributed by atoms with van der Waals surface area (Å²) in [6.07, 6.45) is 13.9. The van der Waals surface area contributed by atoms with Gasteiger partial charge in [-0.05, 0) is 12.8 Å². The summed E-state index contributed by atoms with van der Waals surface area (Å²) in [6, 6.07) is 0. The molecular formula is C22H43O8P. The standard InChI is InChI=1S/C22H43O8P/c1-3-5-7-8-9-10-11-12-13-14-15-17-21(23)28-18-20(19-29-31(25,26)27)30-22(24)16-6-4-2/h20H,3-19H2,1-2H3,(H2,25,26,27)/t20-/m0/s1. The molecule has 0 fully saturated rings. The molecule has 0 aromatic carbocycles. The molecule has 8 nitrogen and oxygen atoms in total. The van der Waals surface area contributed by atoms with Crippen molar-refractivity contribution in [3.63, 3.8) is 0 Å². The molecule has 0 unspecified atom stereocenters. The normalized spacial score (nSPS) is 12.5. The molecule has 31 heavy (non-hydrogen) atoms. The third-order valence-corrected chi connectivity index (χ3v) is 5.36. The number of hydrogen-bond donors (Lipinski definition) is 2. The van der Waals surface area contributed by atoms with Gasteiger partial charge in [0.2, 0.25) is 0 Å². The Morgan fingerprint density at radius 2 is 1.19 bits per heavy atom. The van der Waals surface area contributed by atoms with Crippen molar-refractivity contribution < 1.29 is 37.9 Å². The number of carbonyl (C=O) groups excluding carboxylic acids is 2. The van der Waals surface area contributed by atoms with E-state index in [0.717, 1.165) is 25.7 Å². The SMILES string of the molecule is CCCCCCCCCCCCCC(=O)OC[C@@H](COP(=O)(O)O)OC(=O)CCCC. The molecule has 0 bridgehead atoms. The van der Waals surface area contributed by atoms with Crippen molar-refractivity contribution in [2.24, 2.45) is 0 Å². The highest BCUT2D eigenvalue weighted by Crippen LogP contribution is 2.35. The first-order valence-corrected chi connectivity index (χ1v) is 13.4. The molecule has 0 aliphatic rings. The van der Waals surface area contributed by atoms with Gasteiger partial charge >= 0.3 is 19.8 Å². The van der Waals surface area contributed by atoms with Crippen molar-refractivity contribution in [2.45, 2.75) is 116 Å². The van der Waals surface area contributed by atoms with Crippen LogP contribution >= 0.6 is 7.82 Å². The lowest BCUT2D eigenvalue weighted by atomic mass is 10.1. The van der Waals surface area contributed by atoms with E-state index in [2.05, 4.69) is 11.4 Å². The fourth-order valence-electron chi connectivity index (χ4n) is 3.05. The molecule has 0 radical (unpaired) electrons. The molecule has 0 aliphatic heterocycles. The number of esters is 2. The van der Waals surface area contributed by atoms with Gasteiger partial charge in [-0.1, -0.05) is 84.5 Å². The predicted molar refractivity (Wildman–Crippen MR) is 119 cm³/mol. The van der Waals surface area contributed by atoms with E-state index < -0.39 is 32.5 Å². The Balaban J connectivity index is 3.94. The zero-order valence-corrected chi connectivity index (χ0v) is 20.3. The van der Waals surface area contributed by atoms with Crippen LogP contribution in [0.2, 0.25) is 0 Å². The fraction of sp³-hybridized carbons (Fsp3) is 0.909. The molecule has 0 spiro atoms. The van der Waals surface area contributed by atoms with Crippen LogP contribution < -0.4 is 0 Å². The van der Waals surface area contributed by atoms with E-state index >= 15 is 0 Å². The van der Waals surface area contributed by atoms with Crippen molar-refractivity contribution in [2.75, 3.05) is 13.2 Å². The Morgan fingerprint density at radius 1 is 0.710 bits per heavy atom. The van der Waals surface area contributed by atoms with E-state index in [1.54, 1.807) is 0 Å². The molecule has 0 amide bonds. The van der Waals surface area contributed by atoms with Gasteiger partial charge in [0.25, 0.3) is 0 Å². The Kier molecular flexibility index (Phi) is 19.1. The summed E-state index contributed by atoms with van der Waals surface area (Å²) in [5.41, 5.74) is 0. The number of carbonyl (C=O) groups is 2. The van der Waals surface area contributed by atoms with E-state index in [9.17, 15) is 14.2 Å². The molecule has 0 rings (SSSR count). The molecular weight excluding hydrogens is 423 g/mol. The molecule has 184 valence electrons. The number of phosphoric acid groups is 1. The molecule has 0 heterocycles. The van der Waals surface area contributed by atoms with Crippen LogP contribution in [0.1, 0.15) is 110 Å². The summed E-state index contributed by atoms with van der Waals surface area (Å²) in [7, 11) is -4.70. The minimum atomic E-state index is -4.70. The van der Waals surface area contributed by atoms with E-state index in [-0.39, 0.29) is 19.4 Å². The van der Waals surface area contributed by atoms with Crippen molar-refractivity contribution in [1.29, 1.82) is 0 Å². The number of phosphoric ester groups is 1. The molecule has 9 heteroatoms. The van der Waals surface area contributed by atoms with Gasteiger partial charge < -0.3 is 19.3 Å². The van der Waals surface area contributed by atoms with Crippen LogP contribution in [-0.4, -0.2) is 41.0 Å². The molecule has 0 aliphatic carbocycles. The highest BCUT2D eigenvalue weighted by atomic mass is 31.2. The van der Waals surface area contributed by atoms with Crippen LogP contribution in [0.5, 0.6) is 0 Å². The zero-order valence-electron chi connectivity index (χ0n) is 19.4. The summed E-state index contributed by atoms with van der Waals surface area (Å²) in [5, 5.41) is 0. The van der Waals surface area contributed by atoms with Gasteiger partial charge in [-0.25, -0.2) is 4.57 Å². The molecule has 1 atom stereocenters. The minimum Gasteiger partial charge on any atom is -0.462 e. The maximum Gasteiger partial charge on any atom is 0.469 e. The van der Waals surface area contributed by atoms with Gasteiger partial charge in [0.1, 0.15) is 6.61 Å². The van der Waals surface area contributed by atoms with Crippen LogP contribution in [0, 0.1) is 0 Å². The largest absolute Gasteiger partial charge is 0.469 e. The van der Waals surface area contributed by atoms with Crippen molar-refractivity contribution in [3.05, 3.63) is 0 Å². The maximum absolute atomic E-state index is 11.9. The van der Waals surface area contributed by atoms with Crippen LogP contribution in [0.4, 0.5) is 0 Å². The lowest BCUT2D eigenvalue weighted by molar-refractivity contribution is -0.161. The van der Waals surface area contributed by atoms with Crippen LogP contribution in [-0.2, 0) is 28.2 Å². The first-order chi connectivity index (χ1) is 14.8. The Bertz CT molecular complexity index is 506. The second kappa shape index (κ2) is 19.7. The summed E-state index contributed by atoms with van der Waals surface area (Å²) < 4.78 is 25.5. The summed E-state index contributed by atoms with van der Waals surface area (Å²) >= 11 is 0. The van der Waals surface area contributed by atoms with Gasteiger partial charge in [0, 0.05) is 12.8 Å². The molecule has 2 N–H and O–H groups in total. The third-order valence-electron chi connectivity index (χ3n) is 4.88. The third kappa shape index (κ3) is 22.0. The van der Waals surface area contributed by atoms with Crippen LogP contribution in [0.15, 0.2) is 0 Å². The minimum absolute atomic E-state index is 0.190. The predicted octanol–water partition coefficient (Wildman–Crippen LogP) is 5.44. The zero-order chi connectivity index (χ0) is 23.4. The van der Waals surface area contributed by atoms with Gasteiger partial charge in [-0.2, -0.15) is 0 Å². The monoisotopic (exact) mass is 466 g/mol. The van der Waals surface area contributed by atoms with E-state index in [1.807, 2.05) is 6.92 Å². The van der Waals surface area contributed by atoms with E-state index in [0.29, 0.717) is 6.42 Å². The number of rotatable bonds is 21. The van der Waals surface area contributed by atoms with Gasteiger partial charge in [0.15, 0.2) is 6.10 Å². The average Bonchev–Trinajstić information content (AvgIpc) is 2.71. The highest BCUT2D eigenvalue weighted by Gasteiger charge is 2.22. The summed E-state index contributed by atoms with van der Waals surface area (Å²) in [5.74, 6) is -0.927. The van der Waals surface area contributed by atoms with Crippen LogP contribution in [0.3, 0.4) is 0 Å². The smallest absolute Gasteiger partial charge is 0.462 e. The number of ether oxygens (including phenoxy) is 2. The second-order valence-electron chi connectivity index (χ2n) is 7.97. The topological polar surface area (TPSA) is 119 Å². The Morgan fingerprint density at radius 3 is 1.71 bits per heavy atom. The van der Waals surface area contributed by atoms with Crippen LogP contribution in [0.25, 0.3) is 0 Å². The molecule has 0 saturated carbocycles. The van der Waals surface area contributed by atoms with Crippen molar-refractivity contribution in [3.8, 4) is 0 Å². The van der Waals surface area contributed by atoms with Gasteiger partial charge in [-0.15, -0.1) is 0 Å². The van der Waals surface area contributed by atoms with Gasteiger partial charge in [-0.3, -0.25) is 14.1 Å². The van der Waals surface area contributed by atoms with Gasteiger partial charge in [0.05, 0.1) is 6.61 Å². The van der Waals surface area contributed by atoms with Crippen molar-refractivity contribution >= 4 is 19.8 Å². The van der Waals surface area contributed by atoms with Crippen molar-refractivity contribution in [1.82, 2.24) is 0 Å². The van der Waals surface area contributed by atoms with E-state index in [4.69, 9.17) is 19.3 Å². The summed E-state index contributed by atoms with van der Waals surface area (Å²) in [4.78, 5) is 41.3. The molecule has 0 aromatic heterocycles. The maximum atomic E-state index is 11.9. The molecule has 0 aromatic rings. The highest BCUT2D eigenvalue weighted by molar-refractivity contribution is 7.46. The first-order valence-electron chi connectivity index (χ1n) is 11.8. The average molecular weight is 467 g/mol.